The van der Waals surface area contributed by atoms with Gasteiger partial charge in [-0.25, -0.2) is 0 Å². The van der Waals surface area contributed by atoms with Crippen LogP contribution in [0.1, 0.15) is 41.6 Å². The molecule has 1 aromatic carbocycles. The number of carbonyl (C=O) groups is 2. The Morgan fingerprint density at radius 2 is 2.00 bits per heavy atom. The summed E-state index contributed by atoms with van der Waals surface area (Å²) < 4.78 is 0. The molecule has 1 aliphatic heterocycles. The standard InChI is InChI=1S/C17H23N3O2.ClH/c1-11-4-5-12(16(21)19-14-6-7-14)9-15(11)20-17(22)13-3-2-8-18-10-13;/h4-5,9,13-14,18H,2-3,6-8,10H2,1H3,(H,19,21)(H,20,22);1H. The second kappa shape index (κ2) is 7.79. The minimum atomic E-state index is -0.0580. The first-order valence-corrected chi connectivity index (χ1v) is 8.06. The molecule has 1 unspecified atom stereocenters. The first kappa shape index (κ1) is 17.8. The minimum Gasteiger partial charge on any atom is -0.349 e. The van der Waals surface area contributed by atoms with Crippen molar-refractivity contribution < 1.29 is 9.59 Å². The maximum atomic E-state index is 12.3. The predicted octanol–water partition coefficient (Wildman–Crippen LogP) is 2.25. The van der Waals surface area contributed by atoms with Crippen molar-refractivity contribution in [3.05, 3.63) is 29.3 Å². The van der Waals surface area contributed by atoms with Gasteiger partial charge in [0.2, 0.25) is 5.91 Å². The number of aryl methyl sites for hydroxylation is 1. The number of hydrogen-bond acceptors (Lipinski definition) is 3. The zero-order chi connectivity index (χ0) is 15.5. The Balaban J connectivity index is 0.00000192. The molecule has 1 aromatic rings. The average Bonchev–Trinajstić information content (AvgIpc) is 3.34. The molecule has 2 aliphatic rings. The minimum absolute atomic E-state index is 0. The monoisotopic (exact) mass is 337 g/mol. The lowest BCUT2D eigenvalue weighted by Crippen LogP contribution is -2.37. The van der Waals surface area contributed by atoms with Gasteiger partial charge in [-0.15, -0.1) is 12.4 Å². The number of benzene rings is 1. The first-order valence-electron chi connectivity index (χ1n) is 8.06. The van der Waals surface area contributed by atoms with Gasteiger partial charge < -0.3 is 16.0 Å². The third kappa shape index (κ3) is 4.69. The fourth-order valence-electron chi connectivity index (χ4n) is 2.70. The average molecular weight is 338 g/mol. The van der Waals surface area contributed by atoms with Crippen LogP contribution in [0, 0.1) is 12.8 Å². The molecule has 126 valence electrons. The molecule has 0 bridgehead atoms. The summed E-state index contributed by atoms with van der Waals surface area (Å²) in [7, 11) is 0. The molecule has 2 amide bonds. The highest BCUT2D eigenvalue weighted by Gasteiger charge is 2.24. The fraction of sp³-hybridized carbons (Fsp3) is 0.529. The fourth-order valence-corrected chi connectivity index (χ4v) is 2.70. The van der Waals surface area contributed by atoms with Gasteiger partial charge in [-0.05, 0) is 56.8 Å². The van der Waals surface area contributed by atoms with Crippen LogP contribution >= 0.6 is 12.4 Å². The van der Waals surface area contributed by atoms with Gasteiger partial charge in [-0.1, -0.05) is 6.07 Å². The number of nitrogens with one attached hydrogen (secondary N) is 3. The summed E-state index contributed by atoms with van der Waals surface area (Å²) in [5.41, 5.74) is 2.31. The third-order valence-corrected chi connectivity index (χ3v) is 4.34. The molecule has 0 spiro atoms. The highest BCUT2D eigenvalue weighted by molar-refractivity contribution is 5.98. The van der Waals surface area contributed by atoms with Crippen LogP contribution in [0.2, 0.25) is 0 Å². The Hall–Kier alpha value is -1.59. The van der Waals surface area contributed by atoms with Crippen LogP contribution in [-0.4, -0.2) is 30.9 Å². The lowest BCUT2D eigenvalue weighted by Gasteiger charge is -2.22. The zero-order valence-corrected chi connectivity index (χ0v) is 14.2. The van der Waals surface area contributed by atoms with E-state index in [-0.39, 0.29) is 30.1 Å². The summed E-state index contributed by atoms with van der Waals surface area (Å²) >= 11 is 0. The Morgan fingerprint density at radius 1 is 1.22 bits per heavy atom. The maximum absolute atomic E-state index is 12.3. The van der Waals surface area contributed by atoms with Gasteiger partial charge in [-0.2, -0.15) is 0 Å². The van der Waals surface area contributed by atoms with Crippen LogP contribution in [0.4, 0.5) is 5.69 Å². The number of rotatable bonds is 4. The van der Waals surface area contributed by atoms with Gasteiger partial charge in [0.25, 0.3) is 5.91 Å². The summed E-state index contributed by atoms with van der Waals surface area (Å²) in [6.45, 7) is 3.66. The van der Waals surface area contributed by atoms with E-state index in [0.717, 1.165) is 50.0 Å². The molecule has 1 aliphatic carbocycles. The summed E-state index contributed by atoms with van der Waals surface area (Å²) in [5, 5.41) is 9.21. The number of anilines is 1. The van der Waals surface area contributed by atoms with Crippen molar-refractivity contribution in [3.8, 4) is 0 Å². The third-order valence-electron chi connectivity index (χ3n) is 4.34. The van der Waals surface area contributed by atoms with Gasteiger partial charge in [0, 0.05) is 23.8 Å². The summed E-state index contributed by atoms with van der Waals surface area (Å²) in [6.07, 6.45) is 4.08. The number of carbonyl (C=O) groups excluding carboxylic acids is 2. The van der Waals surface area contributed by atoms with Crippen molar-refractivity contribution in [2.75, 3.05) is 18.4 Å². The molecule has 5 nitrogen and oxygen atoms in total. The zero-order valence-electron chi connectivity index (χ0n) is 13.4. The van der Waals surface area contributed by atoms with Crippen molar-refractivity contribution in [2.24, 2.45) is 5.92 Å². The number of piperidine rings is 1. The second-order valence-electron chi connectivity index (χ2n) is 6.31. The second-order valence-corrected chi connectivity index (χ2v) is 6.31. The van der Waals surface area contributed by atoms with E-state index >= 15 is 0 Å². The molecule has 0 radical (unpaired) electrons. The molecule has 0 aromatic heterocycles. The van der Waals surface area contributed by atoms with Crippen molar-refractivity contribution in [2.45, 2.75) is 38.6 Å². The van der Waals surface area contributed by atoms with Crippen LogP contribution in [0.25, 0.3) is 0 Å². The van der Waals surface area contributed by atoms with E-state index in [9.17, 15) is 9.59 Å². The molecular formula is C17H24ClN3O2. The van der Waals surface area contributed by atoms with E-state index in [1.165, 1.54) is 0 Å². The molecule has 3 rings (SSSR count). The van der Waals surface area contributed by atoms with Crippen LogP contribution in [0.15, 0.2) is 18.2 Å². The van der Waals surface area contributed by atoms with Crippen molar-refractivity contribution in [3.63, 3.8) is 0 Å². The summed E-state index contributed by atoms with van der Waals surface area (Å²) in [5.74, 6) is -0.00974. The lowest BCUT2D eigenvalue weighted by molar-refractivity contribution is -0.120. The molecule has 23 heavy (non-hydrogen) atoms. The number of hydrogen-bond donors (Lipinski definition) is 3. The smallest absolute Gasteiger partial charge is 0.251 e. The van der Waals surface area contributed by atoms with Crippen molar-refractivity contribution in [1.29, 1.82) is 0 Å². The first-order chi connectivity index (χ1) is 10.6. The molecule has 1 atom stereocenters. The highest BCUT2D eigenvalue weighted by atomic mass is 35.5. The van der Waals surface area contributed by atoms with Gasteiger partial charge in [0.1, 0.15) is 0 Å². The molecule has 1 saturated heterocycles. The molecule has 1 heterocycles. The molecule has 1 saturated carbocycles. The number of amides is 2. The van der Waals surface area contributed by atoms with Crippen molar-refractivity contribution >= 4 is 29.9 Å². The van der Waals surface area contributed by atoms with Crippen LogP contribution in [0.5, 0.6) is 0 Å². The summed E-state index contributed by atoms with van der Waals surface area (Å²) in [6, 6.07) is 5.81. The van der Waals surface area contributed by atoms with E-state index in [1.54, 1.807) is 6.07 Å². The predicted molar refractivity (Wildman–Crippen MR) is 93.1 cm³/mol. The topological polar surface area (TPSA) is 70.2 Å². The van der Waals surface area contributed by atoms with Gasteiger partial charge in [0.05, 0.1) is 5.92 Å². The largest absolute Gasteiger partial charge is 0.349 e. The molecule has 2 fully saturated rings. The Kier molecular flexibility index (Phi) is 6.02. The van der Waals surface area contributed by atoms with Crippen LogP contribution in [0.3, 0.4) is 0 Å². The van der Waals surface area contributed by atoms with Crippen molar-refractivity contribution in [1.82, 2.24) is 10.6 Å². The molecular weight excluding hydrogens is 314 g/mol. The lowest BCUT2D eigenvalue weighted by atomic mass is 9.98. The van der Waals surface area contributed by atoms with Crippen LogP contribution in [-0.2, 0) is 4.79 Å². The van der Waals surface area contributed by atoms with Gasteiger partial charge in [0.15, 0.2) is 0 Å². The van der Waals surface area contributed by atoms with Gasteiger partial charge in [-0.3, -0.25) is 9.59 Å². The van der Waals surface area contributed by atoms with E-state index < -0.39 is 0 Å². The van der Waals surface area contributed by atoms with Crippen LogP contribution < -0.4 is 16.0 Å². The number of halogens is 1. The normalized spacial score (nSPS) is 20.3. The highest BCUT2D eigenvalue weighted by Crippen LogP contribution is 2.22. The maximum Gasteiger partial charge on any atom is 0.251 e. The quantitative estimate of drug-likeness (QED) is 0.789. The Morgan fingerprint density at radius 3 is 2.65 bits per heavy atom. The van der Waals surface area contributed by atoms with E-state index in [4.69, 9.17) is 0 Å². The Labute approximate surface area is 143 Å². The van der Waals surface area contributed by atoms with E-state index in [1.807, 2.05) is 19.1 Å². The Bertz CT molecular complexity index is 581. The van der Waals surface area contributed by atoms with E-state index in [2.05, 4.69) is 16.0 Å². The summed E-state index contributed by atoms with van der Waals surface area (Å²) in [4.78, 5) is 24.4. The van der Waals surface area contributed by atoms with Gasteiger partial charge >= 0.3 is 0 Å². The molecule has 3 N–H and O–H groups in total. The SMILES string of the molecule is Cc1ccc(C(=O)NC2CC2)cc1NC(=O)C1CCCNC1.Cl. The molecule has 6 heteroatoms. The van der Waals surface area contributed by atoms with E-state index in [0.29, 0.717) is 11.6 Å².